The molecule has 76 valence electrons. The Kier molecular flexibility index (Phi) is 3.46. The first-order valence-electron chi connectivity index (χ1n) is 3.58. The first-order chi connectivity index (χ1) is 6.61. The van der Waals surface area contributed by atoms with Crippen LogP contribution in [0, 0.1) is 5.82 Å². The third-order valence-corrected chi connectivity index (χ3v) is 1.91. The largest absolute Gasteiger partial charge is 0.298 e. The molecule has 0 atom stereocenters. The van der Waals surface area contributed by atoms with E-state index in [1.807, 2.05) is 0 Å². The number of carbonyl (C=O) groups excluding carboxylic acids is 1. The molecular formula is C8H5ClF3NO. The van der Waals surface area contributed by atoms with Crippen molar-refractivity contribution in [2.45, 2.75) is 12.3 Å². The Morgan fingerprint density at radius 2 is 2.21 bits per heavy atom. The summed E-state index contributed by atoms with van der Waals surface area (Å²) >= 11 is 5.31. The fourth-order valence-corrected chi connectivity index (χ4v) is 1.12. The monoisotopic (exact) mass is 223 g/mol. The van der Waals surface area contributed by atoms with E-state index in [1.54, 1.807) is 0 Å². The molecule has 0 spiro atoms. The maximum atomic E-state index is 13.2. The molecule has 0 saturated heterocycles. The van der Waals surface area contributed by atoms with Crippen molar-refractivity contribution in [1.29, 1.82) is 0 Å². The SMILES string of the molecule is O=Cc1c(C(F)F)ncc(CCl)c1F. The number of rotatable bonds is 3. The lowest BCUT2D eigenvalue weighted by Gasteiger charge is -2.05. The smallest absolute Gasteiger partial charge is 0.281 e. The number of carbonyl (C=O) groups is 1. The molecular weight excluding hydrogens is 219 g/mol. The van der Waals surface area contributed by atoms with Crippen LogP contribution >= 0.6 is 11.6 Å². The van der Waals surface area contributed by atoms with E-state index in [9.17, 15) is 18.0 Å². The summed E-state index contributed by atoms with van der Waals surface area (Å²) in [5, 5.41) is 0. The van der Waals surface area contributed by atoms with E-state index in [0.717, 1.165) is 6.20 Å². The number of pyridine rings is 1. The number of aromatic nitrogens is 1. The van der Waals surface area contributed by atoms with Crippen LogP contribution in [0.1, 0.15) is 28.0 Å². The molecule has 0 amide bonds. The van der Waals surface area contributed by atoms with E-state index in [0.29, 0.717) is 0 Å². The van der Waals surface area contributed by atoms with Crippen LogP contribution in [-0.4, -0.2) is 11.3 Å². The maximum Gasteiger partial charge on any atom is 0.281 e. The first kappa shape index (κ1) is 11.0. The van der Waals surface area contributed by atoms with Gasteiger partial charge in [0.1, 0.15) is 11.5 Å². The van der Waals surface area contributed by atoms with Gasteiger partial charge in [0.2, 0.25) is 0 Å². The van der Waals surface area contributed by atoms with E-state index >= 15 is 0 Å². The number of hydrogen-bond donors (Lipinski definition) is 0. The summed E-state index contributed by atoms with van der Waals surface area (Å²) < 4.78 is 37.6. The molecule has 6 heteroatoms. The average Bonchev–Trinajstić information content (AvgIpc) is 2.17. The fraction of sp³-hybridized carbons (Fsp3) is 0.250. The van der Waals surface area contributed by atoms with Gasteiger partial charge in [-0.1, -0.05) is 0 Å². The maximum absolute atomic E-state index is 13.2. The van der Waals surface area contributed by atoms with Gasteiger partial charge in [-0.05, 0) is 0 Å². The second kappa shape index (κ2) is 4.41. The Balaban J connectivity index is 3.35. The fourth-order valence-electron chi connectivity index (χ4n) is 0.938. The topological polar surface area (TPSA) is 30.0 Å². The zero-order chi connectivity index (χ0) is 10.7. The van der Waals surface area contributed by atoms with E-state index in [2.05, 4.69) is 4.98 Å². The lowest BCUT2D eigenvalue weighted by molar-refractivity contribution is 0.109. The van der Waals surface area contributed by atoms with Gasteiger partial charge in [0.25, 0.3) is 6.43 Å². The van der Waals surface area contributed by atoms with Crippen molar-refractivity contribution in [3.8, 4) is 0 Å². The number of aldehydes is 1. The second-order valence-electron chi connectivity index (χ2n) is 2.45. The molecule has 0 fully saturated rings. The first-order valence-corrected chi connectivity index (χ1v) is 4.11. The van der Waals surface area contributed by atoms with E-state index in [4.69, 9.17) is 11.6 Å². The van der Waals surface area contributed by atoms with Crippen LogP contribution in [0.5, 0.6) is 0 Å². The molecule has 0 aliphatic heterocycles. The molecule has 0 aliphatic carbocycles. The molecule has 0 aliphatic rings. The van der Waals surface area contributed by atoms with Crippen LogP contribution in [-0.2, 0) is 5.88 Å². The lowest BCUT2D eigenvalue weighted by Crippen LogP contribution is -2.04. The van der Waals surface area contributed by atoms with Crippen LogP contribution in [0.4, 0.5) is 13.2 Å². The van der Waals surface area contributed by atoms with Crippen molar-refractivity contribution in [2.24, 2.45) is 0 Å². The highest BCUT2D eigenvalue weighted by atomic mass is 35.5. The van der Waals surface area contributed by atoms with Gasteiger partial charge in [0.15, 0.2) is 6.29 Å². The van der Waals surface area contributed by atoms with Crippen molar-refractivity contribution in [3.63, 3.8) is 0 Å². The lowest BCUT2D eigenvalue weighted by atomic mass is 10.1. The predicted octanol–water partition coefficient (Wildman–Crippen LogP) is 2.71. The quantitative estimate of drug-likeness (QED) is 0.583. The van der Waals surface area contributed by atoms with Crippen molar-refractivity contribution >= 4 is 17.9 Å². The molecule has 2 nitrogen and oxygen atoms in total. The number of halogens is 4. The molecule has 0 saturated carbocycles. The number of alkyl halides is 3. The second-order valence-corrected chi connectivity index (χ2v) is 2.72. The van der Waals surface area contributed by atoms with Crippen molar-refractivity contribution < 1.29 is 18.0 Å². The molecule has 1 rings (SSSR count). The molecule has 0 bridgehead atoms. The highest BCUT2D eigenvalue weighted by Crippen LogP contribution is 2.23. The molecule has 1 aromatic heterocycles. The number of hydrogen-bond acceptors (Lipinski definition) is 2. The summed E-state index contributed by atoms with van der Waals surface area (Å²) in [5.41, 5.74) is -1.65. The van der Waals surface area contributed by atoms with Gasteiger partial charge >= 0.3 is 0 Å². The Hall–Kier alpha value is -1.10. The summed E-state index contributed by atoms with van der Waals surface area (Å²) in [7, 11) is 0. The molecule has 0 aromatic carbocycles. The Bertz CT molecular complexity index is 357. The van der Waals surface area contributed by atoms with Gasteiger partial charge in [-0.15, -0.1) is 11.6 Å². The molecule has 0 unspecified atom stereocenters. The summed E-state index contributed by atoms with van der Waals surface area (Å²) in [5.74, 6) is -1.25. The van der Waals surface area contributed by atoms with Crippen LogP contribution in [0.25, 0.3) is 0 Å². The Morgan fingerprint density at radius 3 is 2.64 bits per heavy atom. The minimum Gasteiger partial charge on any atom is -0.298 e. The standard InChI is InChI=1S/C8H5ClF3NO/c9-1-4-2-13-7(8(11)12)5(3-14)6(4)10/h2-3,8H,1H2. The predicted molar refractivity (Wildman–Crippen MR) is 44.1 cm³/mol. The van der Waals surface area contributed by atoms with Crippen LogP contribution in [0.2, 0.25) is 0 Å². The van der Waals surface area contributed by atoms with Gasteiger partial charge in [-0.25, -0.2) is 13.2 Å². The van der Waals surface area contributed by atoms with Gasteiger partial charge < -0.3 is 0 Å². The van der Waals surface area contributed by atoms with Gasteiger partial charge in [-0.2, -0.15) is 0 Å². The third-order valence-electron chi connectivity index (χ3n) is 1.62. The average molecular weight is 224 g/mol. The highest BCUT2D eigenvalue weighted by molar-refractivity contribution is 6.17. The third kappa shape index (κ3) is 1.87. The normalized spacial score (nSPS) is 10.6. The minimum absolute atomic E-state index is 0.0138. The molecule has 14 heavy (non-hydrogen) atoms. The van der Waals surface area contributed by atoms with Crippen LogP contribution < -0.4 is 0 Å². The van der Waals surface area contributed by atoms with E-state index in [1.165, 1.54) is 0 Å². The van der Waals surface area contributed by atoms with Gasteiger partial charge in [0, 0.05) is 11.8 Å². The summed E-state index contributed by atoms with van der Waals surface area (Å²) in [6.45, 7) is 0. The molecule has 1 aromatic rings. The molecule has 1 heterocycles. The summed E-state index contributed by atoms with van der Waals surface area (Å²) in [4.78, 5) is 13.6. The van der Waals surface area contributed by atoms with Crippen molar-refractivity contribution in [1.82, 2.24) is 4.98 Å². The van der Waals surface area contributed by atoms with Crippen molar-refractivity contribution in [2.75, 3.05) is 0 Å². The Labute approximate surface area is 82.7 Å². The van der Waals surface area contributed by atoms with Crippen LogP contribution in [0.3, 0.4) is 0 Å². The van der Waals surface area contributed by atoms with Crippen LogP contribution in [0.15, 0.2) is 6.20 Å². The number of nitrogens with zero attached hydrogens (tertiary/aromatic N) is 1. The summed E-state index contributed by atoms with van der Waals surface area (Å²) in [6, 6.07) is 0. The zero-order valence-electron chi connectivity index (χ0n) is 6.81. The minimum atomic E-state index is -2.98. The molecule has 0 N–H and O–H groups in total. The Morgan fingerprint density at radius 1 is 1.57 bits per heavy atom. The van der Waals surface area contributed by atoms with Crippen molar-refractivity contribution in [3.05, 3.63) is 28.8 Å². The summed E-state index contributed by atoms with van der Waals surface area (Å²) in [6.07, 6.45) is -2.06. The van der Waals surface area contributed by atoms with E-state index < -0.39 is 23.5 Å². The van der Waals surface area contributed by atoms with Gasteiger partial charge in [0.05, 0.1) is 11.4 Å². The highest BCUT2D eigenvalue weighted by Gasteiger charge is 2.20. The van der Waals surface area contributed by atoms with E-state index in [-0.39, 0.29) is 17.7 Å². The zero-order valence-corrected chi connectivity index (χ0v) is 7.56. The molecule has 0 radical (unpaired) electrons. The van der Waals surface area contributed by atoms with Gasteiger partial charge in [-0.3, -0.25) is 9.78 Å².